The molecule has 0 atom stereocenters. The average Bonchev–Trinajstić information content (AvgIpc) is 1.82. The van der Waals surface area contributed by atoms with Gasteiger partial charge in [-0.15, -0.1) is 0 Å². The van der Waals surface area contributed by atoms with Gasteiger partial charge in [0.25, 0.3) is 20.2 Å². The van der Waals surface area contributed by atoms with E-state index in [1.165, 1.54) is 13.8 Å². The first-order valence-corrected chi connectivity index (χ1v) is 7.03. The van der Waals surface area contributed by atoms with Crippen molar-refractivity contribution in [3.05, 3.63) is 0 Å². The van der Waals surface area contributed by atoms with Crippen LogP contribution in [0, 0.1) is 0 Å². The number of hydrogen-bond donors (Lipinski definition) is 2. The smallest absolute Gasteiger partial charge is 0.267 e. The second-order valence-electron chi connectivity index (χ2n) is 2.85. The molecule has 0 aliphatic heterocycles. The summed E-state index contributed by atoms with van der Waals surface area (Å²) in [4.78, 5) is 0. The van der Waals surface area contributed by atoms with Crippen molar-refractivity contribution in [2.75, 3.05) is 5.75 Å². The summed E-state index contributed by atoms with van der Waals surface area (Å²) >= 11 is 0. The van der Waals surface area contributed by atoms with Crippen LogP contribution in [-0.2, 0) is 20.2 Å². The summed E-state index contributed by atoms with van der Waals surface area (Å²) in [6.07, 6.45) is 0.471. The van der Waals surface area contributed by atoms with Crippen molar-refractivity contribution in [3.63, 3.8) is 0 Å². The van der Waals surface area contributed by atoms with Gasteiger partial charge in [-0.1, -0.05) is 6.92 Å². The van der Waals surface area contributed by atoms with Gasteiger partial charge in [0, 0.05) is 0 Å². The molecule has 0 aliphatic rings. The predicted molar refractivity (Wildman–Crippen MR) is 53.4 cm³/mol. The highest BCUT2D eigenvalue weighted by Crippen LogP contribution is 1.91. The van der Waals surface area contributed by atoms with Crippen molar-refractivity contribution in [2.45, 2.75) is 32.4 Å². The van der Waals surface area contributed by atoms with Gasteiger partial charge >= 0.3 is 0 Å². The lowest BCUT2D eigenvalue weighted by Gasteiger charge is -1.94. The van der Waals surface area contributed by atoms with Gasteiger partial charge in [0.15, 0.2) is 0 Å². The Balaban J connectivity index is 0. The Morgan fingerprint density at radius 1 is 1.07 bits per heavy atom. The van der Waals surface area contributed by atoms with E-state index in [9.17, 15) is 16.8 Å². The molecule has 0 radical (unpaired) electrons. The Kier molecular flexibility index (Phi) is 7.35. The van der Waals surface area contributed by atoms with Gasteiger partial charge in [0.1, 0.15) is 0 Å². The van der Waals surface area contributed by atoms with Crippen molar-refractivity contribution in [1.82, 2.24) is 0 Å². The zero-order valence-electron chi connectivity index (χ0n) is 8.34. The summed E-state index contributed by atoms with van der Waals surface area (Å²) in [7, 11) is -7.41. The average molecular weight is 248 g/mol. The van der Waals surface area contributed by atoms with E-state index in [0.29, 0.717) is 6.42 Å². The first kappa shape index (κ1) is 16.3. The van der Waals surface area contributed by atoms with Gasteiger partial charge in [-0.3, -0.25) is 9.11 Å². The Morgan fingerprint density at radius 2 is 1.36 bits per heavy atom. The van der Waals surface area contributed by atoms with Gasteiger partial charge < -0.3 is 0 Å². The monoisotopic (exact) mass is 248 g/mol. The van der Waals surface area contributed by atoms with Crippen molar-refractivity contribution in [2.24, 2.45) is 0 Å². The van der Waals surface area contributed by atoms with E-state index >= 15 is 0 Å². The van der Waals surface area contributed by atoms with E-state index in [4.69, 9.17) is 9.11 Å². The summed E-state index contributed by atoms with van der Waals surface area (Å²) in [6.45, 7) is 4.51. The molecule has 6 nitrogen and oxygen atoms in total. The molecule has 88 valence electrons. The van der Waals surface area contributed by atoms with Crippen LogP contribution in [-0.4, -0.2) is 36.9 Å². The number of rotatable bonds is 3. The van der Waals surface area contributed by atoms with Gasteiger partial charge in [-0.05, 0) is 20.3 Å². The minimum atomic E-state index is -3.74. The summed E-state index contributed by atoms with van der Waals surface area (Å²) in [5, 5.41) is -0.674. The lowest BCUT2D eigenvalue weighted by atomic mass is 10.6. The van der Waals surface area contributed by atoms with Crippen LogP contribution in [0.3, 0.4) is 0 Å². The molecule has 0 aromatic heterocycles. The quantitative estimate of drug-likeness (QED) is 0.707. The molecule has 0 heterocycles. The number of hydrogen-bond acceptors (Lipinski definition) is 4. The lowest BCUT2D eigenvalue weighted by Crippen LogP contribution is -2.10. The summed E-state index contributed by atoms with van der Waals surface area (Å²) in [6, 6.07) is 0. The van der Waals surface area contributed by atoms with Gasteiger partial charge in [0.2, 0.25) is 0 Å². The van der Waals surface area contributed by atoms with Crippen LogP contribution in [0.15, 0.2) is 0 Å². The van der Waals surface area contributed by atoms with Crippen molar-refractivity contribution < 1.29 is 25.9 Å². The van der Waals surface area contributed by atoms with E-state index in [-0.39, 0.29) is 5.75 Å². The van der Waals surface area contributed by atoms with E-state index in [2.05, 4.69) is 0 Å². The molecular formula is C6H16O6S2. The molecule has 0 saturated carbocycles. The van der Waals surface area contributed by atoms with E-state index in [0.717, 1.165) is 0 Å². The topological polar surface area (TPSA) is 109 Å². The highest BCUT2D eigenvalue weighted by Gasteiger charge is 2.08. The molecule has 0 fully saturated rings. The summed E-state index contributed by atoms with van der Waals surface area (Å²) in [5.74, 6) is -0.132. The predicted octanol–water partition coefficient (Wildman–Crippen LogP) is 0.567. The third-order valence-electron chi connectivity index (χ3n) is 1.06. The Hall–Kier alpha value is -0.180. The summed E-state index contributed by atoms with van der Waals surface area (Å²) in [5.41, 5.74) is 0. The maximum absolute atomic E-state index is 9.89. The molecule has 0 aromatic carbocycles. The zero-order valence-corrected chi connectivity index (χ0v) is 9.97. The molecule has 0 unspecified atom stereocenters. The van der Waals surface area contributed by atoms with Crippen LogP contribution >= 0.6 is 0 Å². The van der Waals surface area contributed by atoms with Crippen LogP contribution in [0.2, 0.25) is 0 Å². The van der Waals surface area contributed by atoms with E-state index in [1.54, 1.807) is 6.92 Å². The van der Waals surface area contributed by atoms with Crippen LogP contribution < -0.4 is 0 Å². The molecule has 0 saturated heterocycles. The van der Waals surface area contributed by atoms with Gasteiger partial charge in [-0.25, -0.2) is 0 Å². The second kappa shape index (κ2) is 6.33. The largest absolute Gasteiger partial charge is 0.286 e. The molecule has 8 heteroatoms. The highest BCUT2D eigenvalue weighted by atomic mass is 32.2. The molecule has 14 heavy (non-hydrogen) atoms. The molecular weight excluding hydrogens is 232 g/mol. The first-order valence-electron chi connectivity index (χ1n) is 3.92. The molecule has 0 rings (SSSR count). The van der Waals surface area contributed by atoms with Crippen LogP contribution in [0.1, 0.15) is 27.2 Å². The van der Waals surface area contributed by atoms with Crippen LogP contribution in [0.5, 0.6) is 0 Å². The van der Waals surface area contributed by atoms with Crippen LogP contribution in [0.4, 0.5) is 0 Å². The Bertz CT molecular complexity index is 325. The summed E-state index contributed by atoms with van der Waals surface area (Å²) < 4.78 is 55.4. The fraction of sp³-hybridized carbons (Fsp3) is 1.00. The molecule has 0 spiro atoms. The highest BCUT2D eigenvalue weighted by molar-refractivity contribution is 7.86. The standard InChI is InChI=1S/2C3H8O3S/c1-3(2)7(4,5)6;1-2-3-7(4,5)6/h3H,1-2H3,(H,4,5,6);2-3H2,1H3,(H,4,5,6). The molecule has 0 amide bonds. The third-order valence-corrected chi connectivity index (χ3v) is 3.17. The maximum Gasteiger partial charge on any atom is 0.267 e. The van der Waals surface area contributed by atoms with E-state index < -0.39 is 25.5 Å². The molecule has 2 N–H and O–H groups in total. The normalized spacial score (nSPS) is 12.1. The van der Waals surface area contributed by atoms with Crippen LogP contribution in [0.25, 0.3) is 0 Å². The molecule has 0 aliphatic carbocycles. The zero-order chi connectivity index (χ0) is 12.0. The second-order valence-corrected chi connectivity index (χ2v) is 6.39. The Labute approximate surface area is 84.8 Å². The minimum Gasteiger partial charge on any atom is -0.286 e. The minimum absolute atomic E-state index is 0.132. The molecule has 0 aromatic rings. The fourth-order valence-electron chi connectivity index (χ4n) is 0.258. The lowest BCUT2D eigenvalue weighted by molar-refractivity contribution is 0.473. The van der Waals surface area contributed by atoms with E-state index in [1.807, 2.05) is 0 Å². The SMILES string of the molecule is CC(C)S(=O)(=O)O.CCCS(=O)(=O)O. The van der Waals surface area contributed by atoms with Crippen molar-refractivity contribution >= 4 is 20.2 Å². The molecule has 0 bridgehead atoms. The third kappa shape index (κ3) is 14.3. The van der Waals surface area contributed by atoms with Gasteiger partial charge in [0.05, 0.1) is 11.0 Å². The van der Waals surface area contributed by atoms with Crippen molar-refractivity contribution in [1.29, 1.82) is 0 Å². The first-order chi connectivity index (χ1) is 6.00. The Morgan fingerprint density at radius 3 is 1.36 bits per heavy atom. The van der Waals surface area contributed by atoms with Crippen molar-refractivity contribution in [3.8, 4) is 0 Å². The fourth-order valence-corrected chi connectivity index (χ4v) is 0.774. The maximum atomic E-state index is 9.89. The van der Waals surface area contributed by atoms with Gasteiger partial charge in [-0.2, -0.15) is 16.8 Å².